The highest BCUT2D eigenvalue weighted by molar-refractivity contribution is 7.80. The Kier molecular flexibility index (Phi) is 3.40. The maximum Gasteiger partial charge on any atom is 0.171 e. The lowest BCUT2D eigenvalue weighted by Crippen LogP contribution is -2.52. The van der Waals surface area contributed by atoms with Crippen molar-refractivity contribution < 1.29 is 4.74 Å². The number of nitrogens with zero attached hydrogens (tertiary/aromatic N) is 1. The summed E-state index contributed by atoms with van der Waals surface area (Å²) in [5, 5.41) is 4.14. The molecule has 0 aromatic rings. The minimum absolute atomic E-state index is 0.0157. The van der Waals surface area contributed by atoms with Crippen LogP contribution in [0.3, 0.4) is 0 Å². The molecule has 1 saturated carbocycles. The molecule has 1 saturated heterocycles. The summed E-state index contributed by atoms with van der Waals surface area (Å²) in [6.45, 7) is 4.42. The van der Waals surface area contributed by atoms with Crippen LogP contribution in [-0.2, 0) is 4.74 Å². The zero-order chi connectivity index (χ0) is 11.8. The van der Waals surface area contributed by atoms with Crippen molar-refractivity contribution in [1.29, 1.82) is 0 Å². The van der Waals surface area contributed by atoms with Gasteiger partial charge < -0.3 is 15.0 Å². The number of hydrogen-bond donors (Lipinski definition) is 1. The van der Waals surface area contributed by atoms with Gasteiger partial charge in [0.15, 0.2) is 11.3 Å². The third kappa shape index (κ3) is 1.93. The first-order valence-electron chi connectivity index (χ1n) is 6.20. The van der Waals surface area contributed by atoms with Crippen molar-refractivity contribution in [2.24, 2.45) is 0 Å². The molecule has 3 nitrogen and oxygen atoms in total. The lowest BCUT2D eigenvalue weighted by molar-refractivity contribution is -0.00257. The molecule has 92 valence electrons. The molecule has 0 radical (unpaired) electrons. The maximum atomic E-state index is 5.48. The van der Waals surface area contributed by atoms with E-state index in [-0.39, 0.29) is 11.8 Å². The van der Waals surface area contributed by atoms with Crippen LogP contribution in [-0.4, -0.2) is 34.9 Å². The summed E-state index contributed by atoms with van der Waals surface area (Å²) in [5.41, 5.74) is -0.0339. The van der Waals surface area contributed by atoms with E-state index >= 15 is 0 Å². The van der Waals surface area contributed by atoms with Crippen LogP contribution in [0.4, 0.5) is 0 Å². The molecule has 1 aliphatic carbocycles. The Morgan fingerprint density at radius 2 is 1.94 bits per heavy atom. The van der Waals surface area contributed by atoms with Crippen molar-refractivity contribution in [1.82, 2.24) is 10.2 Å². The Labute approximate surface area is 104 Å². The number of methoxy groups -OCH3 is 1. The van der Waals surface area contributed by atoms with Crippen molar-refractivity contribution in [2.45, 2.75) is 63.8 Å². The number of rotatable bonds is 2. The van der Waals surface area contributed by atoms with E-state index in [0.29, 0.717) is 6.04 Å². The van der Waals surface area contributed by atoms with Crippen molar-refractivity contribution >= 4 is 17.3 Å². The third-order valence-corrected chi connectivity index (χ3v) is 4.23. The summed E-state index contributed by atoms with van der Waals surface area (Å²) < 4.78 is 5.48. The smallest absolute Gasteiger partial charge is 0.171 e. The molecule has 1 aliphatic heterocycles. The van der Waals surface area contributed by atoms with Crippen LogP contribution >= 0.6 is 12.2 Å². The Balaban J connectivity index is 2.15. The molecule has 1 N–H and O–H groups in total. The molecular weight excluding hydrogens is 220 g/mol. The zero-order valence-electron chi connectivity index (χ0n) is 10.5. The number of nitrogens with one attached hydrogen (secondary N) is 1. The lowest BCUT2D eigenvalue weighted by atomic mass is 9.91. The second kappa shape index (κ2) is 4.49. The van der Waals surface area contributed by atoms with E-state index in [1.165, 1.54) is 32.1 Å². The van der Waals surface area contributed by atoms with Gasteiger partial charge >= 0.3 is 0 Å². The van der Waals surface area contributed by atoms with Crippen LogP contribution in [0, 0.1) is 0 Å². The molecule has 0 aromatic carbocycles. The molecule has 1 atom stereocenters. The van der Waals surface area contributed by atoms with Crippen LogP contribution in [0.25, 0.3) is 0 Å². The van der Waals surface area contributed by atoms with Gasteiger partial charge in [0.25, 0.3) is 0 Å². The largest absolute Gasteiger partial charge is 0.359 e. The quantitative estimate of drug-likeness (QED) is 0.751. The fraction of sp³-hybridized carbons (Fsp3) is 0.917. The Morgan fingerprint density at radius 3 is 2.44 bits per heavy atom. The van der Waals surface area contributed by atoms with Gasteiger partial charge in [-0.15, -0.1) is 0 Å². The molecule has 2 fully saturated rings. The summed E-state index contributed by atoms with van der Waals surface area (Å²) in [6, 6.07) is 0.601. The second-order valence-corrected chi connectivity index (χ2v) is 5.77. The minimum atomic E-state index is -0.0339. The fourth-order valence-corrected chi connectivity index (χ4v) is 3.56. The van der Waals surface area contributed by atoms with E-state index in [1.54, 1.807) is 7.11 Å². The Morgan fingerprint density at radius 1 is 1.31 bits per heavy atom. The lowest BCUT2D eigenvalue weighted by Gasteiger charge is -2.41. The summed E-state index contributed by atoms with van der Waals surface area (Å²) in [6.07, 6.45) is 6.58. The Bertz CT molecular complexity index is 274. The van der Waals surface area contributed by atoms with E-state index in [9.17, 15) is 0 Å². The topological polar surface area (TPSA) is 24.5 Å². The molecule has 4 heteroatoms. The van der Waals surface area contributed by atoms with Gasteiger partial charge in [0.2, 0.25) is 0 Å². The predicted molar refractivity (Wildman–Crippen MR) is 69.3 cm³/mol. The fourth-order valence-electron chi connectivity index (χ4n) is 3.07. The van der Waals surface area contributed by atoms with Crippen molar-refractivity contribution in [3.8, 4) is 0 Å². The highest BCUT2D eigenvalue weighted by atomic mass is 32.1. The Hall–Kier alpha value is -0.350. The van der Waals surface area contributed by atoms with Gasteiger partial charge in [-0.2, -0.15) is 0 Å². The van der Waals surface area contributed by atoms with Crippen LogP contribution in [0.5, 0.6) is 0 Å². The summed E-state index contributed by atoms with van der Waals surface area (Å²) in [5.74, 6) is 0. The molecule has 1 heterocycles. The molecule has 0 aromatic heterocycles. The van der Waals surface area contributed by atoms with Gasteiger partial charge in [-0.1, -0.05) is 19.3 Å². The number of thiocarbonyl (C=S) groups is 1. The van der Waals surface area contributed by atoms with E-state index in [2.05, 4.69) is 24.1 Å². The highest BCUT2D eigenvalue weighted by Gasteiger charge is 2.47. The van der Waals surface area contributed by atoms with Gasteiger partial charge in [0.05, 0.1) is 5.54 Å². The zero-order valence-corrected chi connectivity index (χ0v) is 11.3. The van der Waals surface area contributed by atoms with Crippen molar-refractivity contribution in [2.75, 3.05) is 7.11 Å². The maximum absolute atomic E-state index is 5.48. The van der Waals surface area contributed by atoms with Gasteiger partial charge in [-0.05, 0) is 38.9 Å². The molecule has 2 rings (SSSR count). The molecule has 0 amide bonds. The molecule has 0 bridgehead atoms. The summed E-state index contributed by atoms with van der Waals surface area (Å²) in [7, 11) is 1.74. The van der Waals surface area contributed by atoms with E-state index < -0.39 is 0 Å². The first kappa shape index (κ1) is 12.1. The van der Waals surface area contributed by atoms with Crippen LogP contribution in [0.15, 0.2) is 0 Å². The highest BCUT2D eigenvalue weighted by Crippen LogP contribution is 2.34. The second-order valence-electron chi connectivity index (χ2n) is 5.38. The molecular formula is C12H22N2OS. The van der Waals surface area contributed by atoms with Crippen molar-refractivity contribution in [3.63, 3.8) is 0 Å². The average Bonchev–Trinajstić information content (AvgIpc) is 2.49. The van der Waals surface area contributed by atoms with E-state index in [0.717, 1.165) is 5.11 Å². The summed E-state index contributed by atoms with van der Waals surface area (Å²) in [4.78, 5) is 2.37. The van der Waals surface area contributed by atoms with E-state index in [4.69, 9.17) is 17.0 Å². The SMILES string of the molecule is CO[C@H]1NC(=S)N(C2CCCCC2)C1(C)C. The van der Waals surface area contributed by atoms with Crippen LogP contribution in [0.2, 0.25) is 0 Å². The number of hydrogen-bond acceptors (Lipinski definition) is 2. The van der Waals surface area contributed by atoms with Crippen LogP contribution in [0.1, 0.15) is 46.0 Å². The molecule has 16 heavy (non-hydrogen) atoms. The van der Waals surface area contributed by atoms with Gasteiger partial charge in [-0.25, -0.2) is 0 Å². The van der Waals surface area contributed by atoms with Gasteiger partial charge in [0, 0.05) is 13.2 Å². The van der Waals surface area contributed by atoms with Crippen molar-refractivity contribution in [3.05, 3.63) is 0 Å². The average molecular weight is 242 g/mol. The molecule has 0 spiro atoms. The predicted octanol–water partition coefficient (Wildman–Crippen LogP) is 2.26. The third-order valence-electron chi connectivity index (χ3n) is 3.91. The van der Waals surface area contributed by atoms with E-state index in [1.807, 2.05) is 0 Å². The molecule has 2 aliphatic rings. The number of ether oxygens (including phenoxy) is 1. The van der Waals surface area contributed by atoms with Crippen LogP contribution < -0.4 is 5.32 Å². The summed E-state index contributed by atoms with van der Waals surface area (Å²) >= 11 is 5.45. The van der Waals surface area contributed by atoms with Gasteiger partial charge in [0.1, 0.15) is 0 Å². The van der Waals surface area contributed by atoms with Gasteiger partial charge in [-0.3, -0.25) is 0 Å². The molecule has 0 unspecified atom stereocenters. The standard InChI is InChI=1S/C12H22N2OS/c1-12(2)10(15-3)13-11(16)14(12)9-7-5-4-6-8-9/h9-10H,4-8H2,1-3H3,(H,13,16)/t10-/m1/s1. The first-order valence-corrected chi connectivity index (χ1v) is 6.61. The first-order chi connectivity index (χ1) is 7.57. The minimum Gasteiger partial charge on any atom is -0.359 e. The normalized spacial score (nSPS) is 30.6. The monoisotopic (exact) mass is 242 g/mol.